The predicted molar refractivity (Wildman–Crippen MR) is 81.7 cm³/mol. The van der Waals surface area contributed by atoms with Crippen LogP contribution in [0.3, 0.4) is 0 Å². The maximum atomic E-state index is 12.0. The number of nitrogens with one attached hydrogen (secondary N) is 2. The van der Waals surface area contributed by atoms with E-state index in [0.29, 0.717) is 17.2 Å². The van der Waals surface area contributed by atoms with Crippen molar-refractivity contribution in [2.24, 2.45) is 11.3 Å². The third-order valence-electron chi connectivity index (χ3n) is 3.52. The first-order valence-electron chi connectivity index (χ1n) is 6.99. The molecule has 0 aromatic heterocycles. The van der Waals surface area contributed by atoms with Gasteiger partial charge in [-0.1, -0.05) is 26.8 Å². The summed E-state index contributed by atoms with van der Waals surface area (Å²) in [6.07, 6.45) is 4.34. The second kappa shape index (κ2) is 5.57. The normalized spacial score (nSPS) is 20.9. The van der Waals surface area contributed by atoms with Gasteiger partial charge in [0.25, 0.3) is 5.91 Å². The number of carbonyl (C=O) groups is 1. The molecule has 4 nitrogen and oxygen atoms in total. The van der Waals surface area contributed by atoms with E-state index in [1.165, 1.54) is 6.42 Å². The van der Waals surface area contributed by atoms with Crippen molar-refractivity contribution >= 4 is 11.6 Å². The van der Waals surface area contributed by atoms with Crippen molar-refractivity contribution in [2.45, 2.75) is 33.6 Å². The number of benzene rings is 1. The molecule has 0 spiro atoms. The van der Waals surface area contributed by atoms with Crippen LogP contribution in [0.1, 0.15) is 44.0 Å². The molecule has 1 amide bonds. The van der Waals surface area contributed by atoms with E-state index in [2.05, 4.69) is 37.7 Å². The fraction of sp³-hybridized carbons (Fsp3) is 0.438. The van der Waals surface area contributed by atoms with Crippen LogP contribution in [0.4, 0.5) is 5.69 Å². The number of hydrogen-bond acceptors (Lipinski definition) is 3. The topological polar surface area (TPSA) is 67.1 Å². The molecular formula is C16H23N3O. The van der Waals surface area contributed by atoms with Crippen LogP contribution in [0.25, 0.3) is 0 Å². The van der Waals surface area contributed by atoms with E-state index in [1.54, 1.807) is 24.3 Å². The van der Waals surface area contributed by atoms with Gasteiger partial charge >= 0.3 is 0 Å². The third-order valence-corrected chi connectivity index (χ3v) is 3.52. The van der Waals surface area contributed by atoms with Gasteiger partial charge < -0.3 is 11.2 Å². The summed E-state index contributed by atoms with van der Waals surface area (Å²) in [5.41, 5.74) is 13.9. The van der Waals surface area contributed by atoms with Gasteiger partial charge in [-0.15, -0.1) is 0 Å². The molecule has 1 aromatic rings. The van der Waals surface area contributed by atoms with Gasteiger partial charge in [0.15, 0.2) is 0 Å². The zero-order valence-corrected chi connectivity index (χ0v) is 12.4. The van der Waals surface area contributed by atoms with Crippen LogP contribution in [0.2, 0.25) is 0 Å². The minimum Gasteiger partial charge on any atom is -0.399 e. The van der Waals surface area contributed by atoms with E-state index in [1.807, 2.05) is 0 Å². The van der Waals surface area contributed by atoms with E-state index in [4.69, 9.17) is 5.73 Å². The minimum atomic E-state index is -0.151. The highest BCUT2D eigenvalue weighted by atomic mass is 16.2. The van der Waals surface area contributed by atoms with Crippen LogP contribution in [0, 0.1) is 11.3 Å². The molecule has 4 heteroatoms. The average Bonchev–Trinajstić information content (AvgIpc) is 2.34. The molecule has 1 aliphatic rings. The van der Waals surface area contributed by atoms with Crippen LogP contribution in [-0.4, -0.2) is 5.91 Å². The molecule has 0 radical (unpaired) electrons. The van der Waals surface area contributed by atoms with Crippen molar-refractivity contribution in [2.75, 3.05) is 5.73 Å². The van der Waals surface area contributed by atoms with Crippen molar-refractivity contribution in [3.05, 3.63) is 41.6 Å². The van der Waals surface area contributed by atoms with Crippen molar-refractivity contribution in [1.82, 2.24) is 10.9 Å². The number of nitrogens with two attached hydrogens (primary N) is 1. The molecule has 1 atom stereocenters. The van der Waals surface area contributed by atoms with E-state index < -0.39 is 0 Å². The minimum absolute atomic E-state index is 0.151. The Hall–Kier alpha value is -1.97. The highest BCUT2D eigenvalue weighted by Gasteiger charge is 2.25. The zero-order valence-electron chi connectivity index (χ0n) is 12.4. The first-order chi connectivity index (χ1) is 9.35. The average molecular weight is 273 g/mol. The van der Waals surface area contributed by atoms with Gasteiger partial charge in [-0.3, -0.25) is 10.2 Å². The monoisotopic (exact) mass is 273 g/mol. The lowest BCUT2D eigenvalue weighted by Gasteiger charge is -2.32. The van der Waals surface area contributed by atoms with E-state index in [0.717, 1.165) is 12.1 Å². The largest absolute Gasteiger partial charge is 0.399 e. The highest BCUT2D eigenvalue weighted by molar-refractivity contribution is 5.94. The lowest BCUT2D eigenvalue weighted by atomic mass is 9.76. The molecule has 4 N–H and O–H groups in total. The first-order valence-corrected chi connectivity index (χ1v) is 6.99. The molecule has 20 heavy (non-hydrogen) atoms. The second-order valence-electron chi connectivity index (χ2n) is 6.37. The Morgan fingerprint density at radius 1 is 1.30 bits per heavy atom. The maximum absolute atomic E-state index is 12.0. The van der Waals surface area contributed by atoms with Crippen molar-refractivity contribution in [3.8, 4) is 0 Å². The van der Waals surface area contributed by atoms with Crippen molar-refractivity contribution < 1.29 is 4.79 Å². The molecule has 0 unspecified atom stereocenters. The molecule has 108 valence electrons. The van der Waals surface area contributed by atoms with Crippen LogP contribution in [0.15, 0.2) is 36.0 Å². The Balaban J connectivity index is 1.96. The summed E-state index contributed by atoms with van der Waals surface area (Å²) in [7, 11) is 0. The van der Waals surface area contributed by atoms with E-state index >= 15 is 0 Å². The molecule has 0 saturated heterocycles. The van der Waals surface area contributed by atoms with Gasteiger partial charge in [0, 0.05) is 16.9 Å². The van der Waals surface area contributed by atoms with Gasteiger partial charge in [0.05, 0.1) is 0 Å². The van der Waals surface area contributed by atoms with Crippen LogP contribution >= 0.6 is 0 Å². The van der Waals surface area contributed by atoms with Crippen LogP contribution in [-0.2, 0) is 0 Å². The molecule has 2 rings (SSSR count). The fourth-order valence-corrected chi connectivity index (χ4v) is 2.87. The number of hydrogen-bond donors (Lipinski definition) is 3. The van der Waals surface area contributed by atoms with E-state index in [-0.39, 0.29) is 11.3 Å². The van der Waals surface area contributed by atoms with Crippen LogP contribution < -0.4 is 16.6 Å². The summed E-state index contributed by atoms with van der Waals surface area (Å²) in [5.74, 6) is 0.466. The fourth-order valence-electron chi connectivity index (χ4n) is 2.87. The predicted octanol–water partition coefficient (Wildman–Crippen LogP) is 2.84. The number of allylic oxidation sites excluding steroid dienone is 2. The smallest absolute Gasteiger partial charge is 0.269 e. The molecule has 1 aromatic carbocycles. The summed E-state index contributed by atoms with van der Waals surface area (Å²) in [5, 5.41) is 0. The number of anilines is 1. The van der Waals surface area contributed by atoms with E-state index in [9.17, 15) is 4.79 Å². The zero-order chi connectivity index (χ0) is 14.8. The number of carbonyl (C=O) groups excluding carboxylic acids is 1. The molecule has 0 heterocycles. The Morgan fingerprint density at radius 3 is 2.55 bits per heavy atom. The lowest BCUT2D eigenvalue weighted by Crippen LogP contribution is -2.39. The van der Waals surface area contributed by atoms with Gasteiger partial charge in [-0.2, -0.15) is 0 Å². The number of nitrogen functional groups attached to an aromatic ring is 1. The van der Waals surface area contributed by atoms with Gasteiger partial charge in [-0.25, -0.2) is 0 Å². The Morgan fingerprint density at radius 2 is 1.95 bits per heavy atom. The van der Waals surface area contributed by atoms with Crippen LogP contribution in [0.5, 0.6) is 0 Å². The molecule has 0 fully saturated rings. The Kier molecular flexibility index (Phi) is 4.02. The maximum Gasteiger partial charge on any atom is 0.269 e. The summed E-state index contributed by atoms with van der Waals surface area (Å²) in [6, 6.07) is 6.88. The standard InChI is InChI=1S/C16H23N3O/c1-11-8-14(10-16(2,3)9-11)18-19-15(20)12-4-6-13(17)7-5-12/h4-7,10-11,18H,8-9,17H2,1-3H3,(H,19,20)/t11-/m0/s1. The Bertz CT molecular complexity index is 517. The van der Waals surface area contributed by atoms with Crippen molar-refractivity contribution in [3.63, 3.8) is 0 Å². The van der Waals surface area contributed by atoms with Gasteiger partial charge in [0.2, 0.25) is 0 Å². The molecular weight excluding hydrogens is 250 g/mol. The Labute approximate surface area is 120 Å². The highest BCUT2D eigenvalue weighted by Crippen LogP contribution is 2.35. The quantitative estimate of drug-likeness (QED) is 0.586. The number of rotatable bonds is 3. The van der Waals surface area contributed by atoms with Crippen molar-refractivity contribution in [1.29, 1.82) is 0 Å². The molecule has 0 bridgehead atoms. The van der Waals surface area contributed by atoms with Gasteiger partial charge in [0.1, 0.15) is 0 Å². The summed E-state index contributed by atoms with van der Waals surface area (Å²) in [4.78, 5) is 12.0. The summed E-state index contributed by atoms with van der Waals surface area (Å²) >= 11 is 0. The lowest BCUT2D eigenvalue weighted by molar-refractivity contribution is 0.0936. The molecule has 1 aliphatic carbocycles. The summed E-state index contributed by atoms with van der Waals surface area (Å²) < 4.78 is 0. The third kappa shape index (κ3) is 3.76. The first kappa shape index (κ1) is 14.4. The second-order valence-corrected chi connectivity index (χ2v) is 6.37. The number of amides is 1. The molecule has 0 aliphatic heterocycles. The molecule has 0 saturated carbocycles. The summed E-state index contributed by atoms with van der Waals surface area (Å²) in [6.45, 7) is 6.66. The SMILES string of the molecule is C[C@H]1CC(NNC(=O)c2ccc(N)cc2)=CC(C)(C)C1. The van der Waals surface area contributed by atoms with Gasteiger partial charge in [-0.05, 0) is 48.4 Å². The number of hydrazine groups is 1.